The number of hydrogen-bond acceptors (Lipinski definition) is 0. The summed E-state index contributed by atoms with van der Waals surface area (Å²) in [6.07, 6.45) is 12.6. The topological polar surface area (TPSA) is 0 Å². The highest BCUT2D eigenvalue weighted by molar-refractivity contribution is 4.93. The summed E-state index contributed by atoms with van der Waals surface area (Å²) < 4.78 is 0. The molecule has 0 spiro atoms. The standard InChI is InChI=1S/C12H20/c1-3-9-7-8-10(4-1)12-6-2-5-11(9)12/h9-12H,1-8H2. The van der Waals surface area contributed by atoms with Crippen LogP contribution in [0.2, 0.25) is 0 Å². The van der Waals surface area contributed by atoms with E-state index in [2.05, 4.69) is 0 Å². The molecule has 2 bridgehead atoms. The molecule has 4 fully saturated rings. The highest BCUT2D eigenvalue weighted by atomic mass is 14.5. The maximum absolute atomic E-state index is 1.59. The zero-order valence-corrected chi connectivity index (χ0v) is 7.97. The van der Waals surface area contributed by atoms with E-state index in [9.17, 15) is 0 Å². The van der Waals surface area contributed by atoms with Crippen molar-refractivity contribution in [2.45, 2.75) is 51.4 Å². The molecule has 4 rings (SSSR count). The molecule has 4 saturated carbocycles. The molecule has 0 aliphatic heterocycles. The van der Waals surface area contributed by atoms with E-state index in [1.807, 2.05) is 0 Å². The predicted octanol–water partition coefficient (Wildman–Crippen LogP) is 3.61. The fraction of sp³-hybridized carbons (Fsp3) is 1.00. The van der Waals surface area contributed by atoms with Crippen molar-refractivity contribution in [3.05, 3.63) is 0 Å². The van der Waals surface area contributed by atoms with Crippen molar-refractivity contribution in [1.82, 2.24) is 0 Å². The quantitative estimate of drug-likeness (QED) is 0.513. The normalized spacial score (nSPS) is 52.0. The summed E-state index contributed by atoms with van der Waals surface area (Å²) in [5, 5.41) is 0. The van der Waals surface area contributed by atoms with Crippen LogP contribution in [0.5, 0.6) is 0 Å². The van der Waals surface area contributed by atoms with E-state index < -0.39 is 0 Å². The Morgan fingerprint density at radius 3 is 1.58 bits per heavy atom. The molecule has 0 amide bonds. The van der Waals surface area contributed by atoms with Gasteiger partial charge in [0.1, 0.15) is 0 Å². The van der Waals surface area contributed by atoms with Gasteiger partial charge >= 0.3 is 0 Å². The second-order valence-electron chi connectivity index (χ2n) is 5.29. The third-order valence-electron chi connectivity index (χ3n) is 4.89. The van der Waals surface area contributed by atoms with Crippen LogP contribution in [0.1, 0.15) is 51.4 Å². The fourth-order valence-corrected chi connectivity index (χ4v) is 4.40. The van der Waals surface area contributed by atoms with Crippen LogP contribution < -0.4 is 0 Å². The molecule has 0 N–H and O–H groups in total. The Balaban J connectivity index is 1.89. The van der Waals surface area contributed by atoms with Crippen LogP contribution in [-0.2, 0) is 0 Å². The van der Waals surface area contributed by atoms with E-state index in [0.29, 0.717) is 0 Å². The van der Waals surface area contributed by atoms with Crippen molar-refractivity contribution in [2.24, 2.45) is 23.7 Å². The molecule has 0 heteroatoms. The molecule has 4 unspecified atom stereocenters. The Hall–Kier alpha value is 0. The summed E-state index contributed by atoms with van der Waals surface area (Å²) >= 11 is 0. The van der Waals surface area contributed by atoms with Crippen LogP contribution in [0.15, 0.2) is 0 Å². The number of hydrogen-bond donors (Lipinski definition) is 0. The summed E-state index contributed by atoms with van der Waals surface area (Å²) in [6.45, 7) is 0. The molecule has 0 saturated heterocycles. The molecule has 0 aromatic heterocycles. The average molecular weight is 164 g/mol. The first-order chi connectivity index (χ1) is 5.95. The largest absolute Gasteiger partial charge is 0.0528 e. The van der Waals surface area contributed by atoms with Gasteiger partial charge < -0.3 is 0 Å². The molecule has 0 nitrogen and oxygen atoms in total. The van der Waals surface area contributed by atoms with Gasteiger partial charge in [-0.15, -0.1) is 0 Å². The third-order valence-corrected chi connectivity index (χ3v) is 4.89. The first-order valence-corrected chi connectivity index (χ1v) is 5.95. The Labute approximate surface area is 75.7 Å². The summed E-state index contributed by atoms with van der Waals surface area (Å²) in [4.78, 5) is 0. The van der Waals surface area contributed by atoms with Crippen LogP contribution in [0, 0.1) is 23.7 Å². The van der Waals surface area contributed by atoms with Gasteiger partial charge in [-0.2, -0.15) is 0 Å². The van der Waals surface area contributed by atoms with Crippen molar-refractivity contribution in [1.29, 1.82) is 0 Å². The smallest absolute Gasteiger partial charge is 0.0355 e. The third kappa shape index (κ3) is 0.963. The Morgan fingerprint density at radius 1 is 0.500 bits per heavy atom. The Bertz CT molecular complexity index is 151. The number of rotatable bonds is 0. The van der Waals surface area contributed by atoms with Gasteiger partial charge in [-0.25, -0.2) is 0 Å². The van der Waals surface area contributed by atoms with Gasteiger partial charge in [0.15, 0.2) is 0 Å². The van der Waals surface area contributed by atoms with E-state index in [1.54, 1.807) is 51.4 Å². The predicted molar refractivity (Wildman–Crippen MR) is 50.9 cm³/mol. The first-order valence-electron chi connectivity index (χ1n) is 5.95. The van der Waals surface area contributed by atoms with Gasteiger partial charge in [0.25, 0.3) is 0 Å². The molecular formula is C12H20. The molecule has 0 radical (unpaired) electrons. The molecule has 0 aromatic rings. The molecule has 4 aliphatic rings. The Kier molecular flexibility index (Phi) is 1.70. The molecule has 12 heavy (non-hydrogen) atoms. The minimum atomic E-state index is 1.16. The maximum atomic E-state index is 1.59. The summed E-state index contributed by atoms with van der Waals surface area (Å²) in [6, 6.07) is 0. The maximum Gasteiger partial charge on any atom is -0.0355 e. The van der Waals surface area contributed by atoms with Crippen molar-refractivity contribution >= 4 is 0 Å². The van der Waals surface area contributed by atoms with Crippen molar-refractivity contribution in [3.8, 4) is 0 Å². The highest BCUT2D eigenvalue weighted by Gasteiger charge is 2.43. The van der Waals surface area contributed by atoms with Crippen molar-refractivity contribution in [2.75, 3.05) is 0 Å². The van der Waals surface area contributed by atoms with Gasteiger partial charge in [-0.05, 0) is 49.4 Å². The van der Waals surface area contributed by atoms with Gasteiger partial charge in [0.2, 0.25) is 0 Å². The van der Waals surface area contributed by atoms with Crippen molar-refractivity contribution < 1.29 is 0 Å². The lowest BCUT2D eigenvalue weighted by Crippen LogP contribution is -2.27. The lowest BCUT2D eigenvalue weighted by atomic mass is 9.69. The van der Waals surface area contributed by atoms with Crippen LogP contribution in [0.25, 0.3) is 0 Å². The fourth-order valence-electron chi connectivity index (χ4n) is 4.40. The molecule has 0 aromatic carbocycles. The van der Waals surface area contributed by atoms with E-state index >= 15 is 0 Å². The van der Waals surface area contributed by atoms with Crippen LogP contribution in [-0.4, -0.2) is 0 Å². The van der Waals surface area contributed by atoms with E-state index in [-0.39, 0.29) is 0 Å². The molecule has 68 valence electrons. The number of fused-ring (bicyclic) bond motifs is 3. The second-order valence-corrected chi connectivity index (χ2v) is 5.29. The van der Waals surface area contributed by atoms with E-state index in [1.165, 1.54) is 11.8 Å². The van der Waals surface area contributed by atoms with Crippen LogP contribution in [0.4, 0.5) is 0 Å². The van der Waals surface area contributed by atoms with Gasteiger partial charge in [0.05, 0.1) is 0 Å². The average Bonchev–Trinajstić information content (AvgIpc) is 2.40. The van der Waals surface area contributed by atoms with Gasteiger partial charge in [-0.3, -0.25) is 0 Å². The minimum Gasteiger partial charge on any atom is -0.0528 e. The van der Waals surface area contributed by atoms with Crippen LogP contribution >= 0.6 is 0 Å². The molecular weight excluding hydrogens is 144 g/mol. The van der Waals surface area contributed by atoms with Gasteiger partial charge in [-0.1, -0.05) is 25.7 Å². The first kappa shape index (κ1) is 7.41. The summed E-state index contributed by atoms with van der Waals surface area (Å²) in [7, 11) is 0. The SMILES string of the molecule is C1CC2CCC(C1)C1CCCC21. The highest BCUT2D eigenvalue weighted by Crippen LogP contribution is 2.53. The zero-order valence-electron chi connectivity index (χ0n) is 7.97. The Morgan fingerprint density at radius 2 is 1.00 bits per heavy atom. The van der Waals surface area contributed by atoms with Gasteiger partial charge in [0, 0.05) is 0 Å². The minimum absolute atomic E-state index is 1.16. The summed E-state index contributed by atoms with van der Waals surface area (Å²) in [5.74, 6) is 4.70. The second kappa shape index (κ2) is 2.75. The molecule has 0 heterocycles. The monoisotopic (exact) mass is 164 g/mol. The summed E-state index contributed by atoms with van der Waals surface area (Å²) in [5.41, 5.74) is 0. The van der Waals surface area contributed by atoms with E-state index in [4.69, 9.17) is 0 Å². The van der Waals surface area contributed by atoms with Crippen LogP contribution in [0.3, 0.4) is 0 Å². The van der Waals surface area contributed by atoms with E-state index in [0.717, 1.165) is 11.8 Å². The lowest BCUT2D eigenvalue weighted by molar-refractivity contribution is 0.137. The lowest BCUT2D eigenvalue weighted by Gasteiger charge is -2.36. The molecule has 4 aliphatic carbocycles. The van der Waals surface area contributed by atoms with Crippen molar-refractivity contribution in [3.63, 3.8) is 0 Å². The molecule has 4 atom stereocenters. The zero-order chi connectivity index (χ0) is 7.97.